The number of anilines is 3. The van der Waals surface area contributed by atoms with E-state index in [4.69, 9.17) is 16.3 Å². The zero-order valence-corrected chi connectivity index (χ0v) is 12.9. The van der Waals surface area contributed by atoms with Gasteiger partial charge in [0.25, 0.3) is 0 Å². The van der Waals surface area contributed by atoms with E-state index in [2.05, 4.69) is 20.6 Å². The van der Waals surface area contributed by atoms with Gasteiger partial charge < -0.3 is 15.4 Å². The minimum absolute atomic E-state index is 0.00113. The summed E-state index contributed by atoms with van der Waals surface area (Å²) in [6, 6.07) is 5.05. The Morgan fingerprint density at radius 2 is 2.04 bits per heavy atom. The maximum Gasteiger partial charge on any atom is 0.418 e. The van der Waals surface area contributed by atoms with Gasteiger partial charge in [-0.1, -0.05) is 11.6 Å². The first kappa shape index (κ1) is 17.3. The number of alkyl halides is 3. The monoisotopic (exact) mass is 346 g/mol. The minimum atomic E-state index is -4.54. The molecule has 9 heteroatoms. The molecule has 2 rings (SSSR count). The predicted octanol–water partition coefficient (Wildman–Crippen LogP) is 3.95. The number of aromatic nitrogens is 2. The van der Waals surface area contributed by atoms with Crippen LogP contribution in [-0.2, 0) is 10.9 Å². The molecule has 2 aromatic rings. The summed E-state index contributed by atoms with van der Waals surface area (Å²) in [5, 5.41) is 5.53. The zero-order valence-electron chi connectivity index (χ0n) is 12.1. The largest absolute Gasteiger partial charge is 0.418 e. The Morgan fingerprint density at radius 3 is 2.74 bits per heavy atom. The average Bonchev–Trinajstić information content (AvgIpc) is 2.49. The van der Waals surface area contributed by atoms with Gasteiger partial charge in [0, 0.05) is 24.9 Å². The number of nitrogens with zero attached hydrogens (tertiary/aromatic N) is 2. The molecule has 0 aliphatic carbocycles. The van der Waals surface area contributed by atoms with Crippen LogP contribution in [0.15, 0.2) is 30.5 Å². The Balaban J connectivity index is 2.21. The zero-order chi connectivity index (χ0) is 16.9. The molecule has 0 fully saturated rings. The lowest BCUT2D eigenvalue weighted by Crippen LogP contribution is -2.11. The third-order valence-electron chi connectivity index (χ3n) is 2.80. The Hall–Kier alpha value is -2.06. The minimum Gasteiger partial charge on any atom is -0.383 e. The highest BCUT2D eigenvalue weighted by Crippen LogP contribution is 2.37. The Bertz CT molecular complexity index is 667. The molecule has 5 nitrogen and oxygen atoms in total. The molecule has 1 aromatic carbocycles. The van der Waals surface area contributed by atoms with Crippen LogP contribution in [0.2, 0.25) is 5.02 Å². The second-order valence-corrected chi connectivity index (χ2v) is 4.93. The fourth-order valence-corrected chi connectivity index (χ4v) is 1.95. The molecule has 1 aromatic heterocycles. The van der Waals surface area contributed by atoms with Gasteiger partial charge in [-0.3, -0.25) is 0 Å². The molecule has 0 aliphatic rings. The Morgan fingerprint density at radius 1 is 1.26 bits per heavy atom. The molecule has 0 saturated carbocycles. The van der Waals surface area contributed by atoms with E-state index >= 15 is 0 Å². The quantitative estimate of drug-likeness (QED) is 0.776. The van der Waals surface area contributed by atoms with Crippen molar-refractivity contribution >= 4 is 29.1 Å². The van der Waals surface area contributed by atoms with E-state index in [1.54, 1.807) is 13.2 Å². The lowest BCUT2D eigenvalue weighted by Gasteiger charge is -2.14. The van der Waals surface area contributed by atoms with Crippen LogP contribution < -0.4 is 10.6 Å². The van der Waals surface area contributed by atoms with Crippen molar-refractivity contribution in [2.24, 2.45) is 0 Å². The standard InChI is InChI=1S/C14H14ClF3N4O/c1-23-7-6-19-12-4-5-20-13(22-12)21-11-3-2-9(15)8-10(11)14(16,17)18/h2-5,8H,6-7H2,1H3,(H2,19,20,21,22). The van der Waals surface area contributed by atoms with Crippen LogP contribution in [-0.4, -0.2) is 30.2 Å². The summed E-state index contributed by atoms with van der Waals surface area (Å²) in [4.78, 5) is 8.01. The van der Waals surface area contributed by atoms with E-state index in [1.807, 2.05) is 0 Å². The molecule has 23 heavy (non-hydrogen) atoms. The molecule has 0 bridgehead atoms. The molecule has 0 aliphatic heterocycles. The summed E-state index contributed by atoms with van der Waals surface area (Å²) in [6.07, 6.45) is -3.10. The molecule has 0 spiro atoms. The van der Waals surface area contributed by atoms with Crippen LogP contribution in [0, 0.1) is 0 Å². The second kappa shape index (κ2) is 7.47. The third-order valence-corrected chi connectivity index (χ3v) is 3.04. The maximum absolute atomic E-state index is 13.1. The van der Waals surface area contributed by atoms with E-state index < -0.39 is 11.7 Å². The van der Waals surface area contributed by atoms with Gasteiger partial charge in [0.05, 0.1) is 17.9 Å². The highest BCUT2D eigenvalue weighted by atomic mass is 35.5. The summed E-state index contributed by atoms with van der Waals surface area (Å²) < 4.78 is 44.0. The Kier molecular flexibility index (Phi) is 5.62. The van der Waals surface area contributed by atoms with Gasteiger partial charge in [0.2, 0.25) is 5.95 Å². The average molecular weight is 347 g/mol. The van der Waals surface area contributed by atoms with Gasteiger partial charge in [0.1, 0.15) is 5.82 Å². The molecule has 2 N–H and O–H groups in total. The smallest absolute Gasteiger partial charge is 0.383 e. The van der Waals surface area contributed by atoms with Gasteiger partial charge in [-0.25, -0.2) is 4.98 Å². The number of nitrogens with one attached hydrogen (secondary N) is 2. The topological polar surface area (TPSA) is 59.1 Å². The lowest BCUT2D eigenvalue weighted by molar-refractivity contribution is -0.136. The van der Waals surface area contributed by atoms with E-state index in [1.165, 1.54) is 18.3 Å². The predicted molar refractivity (Wildman–Crippen MR) is 82.1 cm³/mol. The van der Waals surface area contributed by atoms with Crippen molar-refractivity contribution in [3.8, 4) is 0 Å². The third kappa shape index (κ3) is 4.97. The first-order valence-electron chi connectivity index (χ1n) is 6.60. The normalized spacial score (nSPS) is 11.3. The maximum atomic E-state index is 13.1. The van der Waals surface area contributed by atoms with Gasteiger partial charge in [-0.15, -0.1) is 0 Å². The van der Waals surface area contributed by atoms with Crippen LogP contribution >= 0.6 is 11.6 Å². The van der Waals surface area contributed by atoms with Crippen LogP contribution in [0.5, 0.6) is 0 Å². The van der Waals surface area contributed by atoms with Crippen LogP contribution in [0.1, 0.15) is 5.56 Å². The van der Waals surface area contributed by atoms with E-state index in [0.717, 1.165) is 6.07 Å². The SMILES string of the molecule is COCCNc1ccnc(Nc2ccc(Cl)cc2C(F)(F)F)n1. The molecule has 0 unspecified atom stereocenters. The van der Waals surface area contributed by atoms with Gasteiger partial charge in [0.15, 0.2) is 0 Å². The highest BCUT2D eigenvalue weighted by Gasteiger charge is 2.34. The summed E-state index contributed by atoms with van der Waals surface area (Å²) in [6.45, 7) is 0.990. The van der Waals surface area contributed by atoms with Crippen molar-refractivity contribution < 1.29 is 17.9 Å². The summed E-state index contributed by atoms with van der Waals surface area (Å²) in [5.41, 5.74) is -1.05. The molecular formula is C14H14ClF3N4O. The first-order chi connectivity index (χ1) is 10.9. The number of hydrogen-bond acceptors (Lipinski definition) is 5. The van der Waals surface area contributed by atoms with E-state index in [-0.39, 0.29) is 16.7 Å². The molecule has 0 amide bonds. The molecule has 0 radical (unpaired) electrons. The second-order valence-electron chi connectivity index (χ2n) is 4.50. The lowest BCUT2D eigenvalue weighted by atomic mass is 10.1. The summed E-state index contributed by atoms with van der Waals surface area (Å²) in [7, 11) is 1.56. The fraction of sp³-hybridized carbons (Fsp3) is 0.286. The Labute approximate surface area is 135 Å². The van der Waals surface area contributed by atoms with E-state index in [0.29, 0.717) is 19.0 Å². The summed E-state index contributed by atoms with van der Waals surface area (Å²) in [5.74, 6) is 0.516. The van der Waals surface area contributed by atoms with Crippen molar-refractivity contribution in [2.75, 3.05) is 30.9 Å². The molecule has 124 valence electrons. The molecule has 0 atom stereocenters. The van der Waals surface area contributed by atoms with E-state index in [9.17, 15) is 13.2 Å². The fourth-order valence-electron chi connectivity index (χ4n) is 1.78. The number of methoxy groups -OCH3 is 1. The molecular weight excluding hydrogens is 333 g/mol. The van der Waals surface area contributed by atoms with Crippen LogP contribution in [0.4, 0.5) is 30.6 Å². The highest BCUT2D eigenvalue weighted by molar-refractivity contribution is 6.30. The molecule has 0 saturated heterocycles. The number of rotatable bonds is 6. The summed E-state index contributed by atoms with van der Waals surface area (Å²) >= 11 is 5.64. The van der Waals surface area contributed by atoms with Crippen molar-refractivity contribution in [3.05, 3.63) is 41.0 Å². The van der Waals surface area contributed by atoms with Crippen molar-refractivity contribution in [3.63, 3.8) is 0 Å². The number of ether oxygens (including phenoxy) is 1. The van der Waals surface area contributed by atoms with Crippen molar-refractivity contribution in [1.29, 1.82) is 0 Å². The van der Waals surface area contributed by atoms with Gasteiger partial charge in [-0.2, -0.15) is 18.2 Å². The van der Waals surface area contributed by atoms with Crippen molar-refractivity contribution in [1.82, 2.24) is 9.97 Å². The molecule has 1 heterocycles. The van der Waals surface area contributed by atoms with Crippen LogP contribution in [0.25, 0.3) is 0 Å². The van der Waals surface area contributed by atoms with Crippen LogP contribution in [0.3, 0.4) is 0 Å². The van der Waals surface area contributed by atoms with Crippen molar-refractivity contribution in [2.45, 2.75) is 6.18 Å². The first-order valence-corrected chi connectivity index (χ1v) is 6.97. The number of halogens is 4. The van der Waals surface area contributed by atoms with Gasteiger partial charge in [-0.05, 0) is 24.3 Å². The number of hydrogen-bond donors (Lipinski definition) is 2. The van der Waals surface area contributed by atoms with Gasteiger partial charge >= 0.3 is 6.18 Å². The number of benzene rings is 1.